The second-order valence-corrected chi connectivity index (χ2v) is 9.06. The lowest BCUT2D eigenvalue weighted by atomic mass is 9.94. The zero-order valence-electron chi connectivity index (χ0n) is 18.4. The number of nitrogens with zero attached hydrogens (tertiary/aromatic N) is 2. The average Bonchev–Trinajstić information content (AvgIpc) is 2.78. The van der Waals surface area contributed by atoms with E-state index in [0.717, 1.165) is 48.3 Å². The summed E-state index contributed by atoms with van der Waals surface area (Å²) in [4.78, 5) is 29.5. The summed E-state index contributed by atoms with van der Waals surface area (Å²) < 4.78 is 0. The van der Waals surface area contributed by atoms with Crippen LogP contribution < -0.4 is 10.2 Å². The Kier molecular flexibility index (Phi) is 5.68. The Morgan fingerprint density at radius 1 is 0.806 bits per heavy atom. The molecule has 1 N–H and O–H groups in total. The number of anilines is 2. The van der Waals surface area contributed by atoms with E-state index in [1.807, 2.05) is 92.4 Å². The lowest BCUT2D eigenvalue weighted by Gasteiger charge is -2.38. The molecular formula is C26H29N3O2. The summed E-state index contributed by atoms with van der Waals surface area (Å²) in [5.74, 6) is 0.0949. The number of rotatable bonds is 3. The average molecular weight is 416 g/mol. The number of carbonyl (C=O) groups is 2. The van der Waals surface area contributed by atoms with Gasteiger partial charge in [0.05, 0.1) is 0 Å². The van der Waals surface area contributed by atoms with Gasteiger partial charge >= 0.3 is 0 Å². The summed E-state index contributed by atoms with van der Waals surface area (Å²) >= 11 is 0. The van der Waals surface area contributed by atoms with Crippen molar-refractivity contribution >= 4 is 34.0 Å². The quantitative estimate of drug-likeness (QED) is 0.669. The van der Waals surface area contributed by atoms with Crippen LogP contribution in [0.4, 0.5) is 11.4 Å². The molecule has 1 fully saturated rings. The Hall–Kier alpha value is -3.34. The van der Waals surface area contributed by atoms with Crippen LogP contribution in [0.15, 0.2) is 66.7 Å². The number of hydrogen-bond acceptors (Lipinski definition) is 3. The van der Waals surface area contributed by atoms with Crippen LogP contribution in [0, 0.1) is 5.41 Å². The van der Waals surface area contributed by atoms with Crippen LogP contribution in [0.2, 0.25) is 0 Å². The minimum atomic E-state index is -0.341. The minimum absolute atomic E-state index is 0.112. The van der Waals surface area contributed by atoms with Crippen molar-refractivity contribution in [1.82, 2.24) is 4.90 Å². The van der Waals surface area contributed by atoms with Gasteiger partial charge in [-0.25, -0.2) is 0 Å². The number of hydrogen-bond donors (Lipinski definition) is 1. The molecule has 0 aromatic heterocycles. The molecule has 0 spiro atoms. The van der Waals surface area contributed by atoms with Crippen molar-refractivity contribution in [2.75, 3.05) is 36.4 Å². The van der Waals surface area contributed by atoms with Crippen LogP contribution in [0.25, 0.3) is 10.8 Å². The molecular weight excluding hydrogens is 386 g/mol. The normalized spacial score (nSPS) is 14.5. The molecule has 1 aliphatic rings. The Morgan fingerprint density at radius 2 is 1.45 bits per heavy atom. The molecule has 3 aromatic carbocycles. The second kappa shape index (κ2) is 8.42. The summed E-state index contributed by atoms with van der Waals surface area (Å²) in [7, 11) is 0. The molecule has 5 heteroatoms. The molecule has 0 atom stereocenters. The smallest absolute Gasteiger partial charge is 0.256 e. The van der Waals surface area contributed by atoms with E-state index >= 15 is 0 Å². The molecule has 4 rings (SSSR count). The van der Waals surface area contributed by atoms with Gasteiger partial charge in [-0.1, -0.05) is 57.2 Å². The highest BCUT2D eigenvalue weighted by Gasteiger charge is 2.29. The van der Waals surface area contributed by atoms with E-state index in [1.54, 1.807) is 0 Å². The summed E-state index contributed by atoms with van der Waals surface area (Å²) in [5, 5.41) is 5.01. The number of nitrogens with one attached hydrogen (secondary N) is 1. The lowest BCUT2D eigenvalue weighted by molar-refractivity contribution is -0.139. The van der Waals surface area contributed by atoms with E-state index in [1.165, 1.54) is 0 Å². The van der Waals surface area contributed by atoms with Gasteiger partial charge in [0.1, 0.15) is 0 Å². The topological polar surface area (TPSA) is 52.7 Å². The maximum Gasteiger partial charge on any atom is 0.256 e. The van der Waals surface area contributed by atoms with Crippen molar-refractivity contribution in [2.24, 2.45) is 5.41 Å². The molecule has 5 nitrogen and oxygen atoms in total. The van der Waals surface area contributed by atoms with E-state index in [-0.39, 0.29) is 17.2 Å². The van der Waals surface area contributed by atoms with Gasteiger partial charge in [-0.2, -0.15) is 0 Å². The first kappa shape index (κ1) is 20.9. The predicted octanol–water partition coefficient (Wildman–Crippen LogP) is 4.79. The third-order valence-electron chi connectivity index (χ3n) is 5.73. The van der Waals surface area contributed by atoms with Gasteiger partial charge in [0.25, 0.3) is 5.91 Å². The highest BCUT2D eigenvalue weighted by molar-refractivity contribution is 6.12. The zero-order valence-corrected chi connectivity index (χ0v) is 18.4. The van der Waals surface area contributed by atoms with E-state index in [9.17, 15) is 9.59 Å². The third-order valence-corrected chi connectivity index (χ3v) is 5.73. The fourth-order valence-electron chi connectivity index (χ4n) is 4.02. The number of amides is 2. The van der Waals surface area contributed by atoms with E-state index in [0.29, 0.717) is 5.56 Å². The lowest BCUT2D eigenvalue weighted by Crippen LogP contribution is -2.51. The molecule has 1 heterocycles. The third kappa shape index (κ3) is 4.55. The SMILES string of the molecule is CC(C)(C)C(=O)N1CCN(c2ccc(NC(=O)c3cccc4ccccc34)cc2)CC1. The number of benzene rings is 3. The van der Waals surface area contributed by atoms with Gasteiger partial charge in [0, 0.05) is 48.5 Å². The molecule has 1 aliphatic heterocycles. The maximum atomic E-state index is 12.8. The Labute approximate surface area is 183 Å². The molecule has 0 saturated carbocycles. The first-order chi connectivity index (χ1) is 14.8. The summed E-state index contributed by atoms with van der Waals surface area (Å²) in [5.41, 5.74) is 2.20. The van der Waals surface area contributed by atoms with Crippen LogP contribution in [-0.4, -0.2) is 42.9 Å². The van der Waals surface area contributed by atoms with Crippen molar-refractivity contribution in [2.45, 2.75) is 20.8 Å². The van der Waals surface area contributed by atoms with Crippen molar-refractivity contribution in [1.29, 1.82) is 0 Å². The first-order valence-corrected chi connectivity index (χ1v) is 10.8. The van der Waals surface area contributed by atoms with Gasteiger partial charge in [-0.15, -0.1) is 0 Å². The molecule has 0 bridgehead atoms. The first-order valence-electron chi connectivity index (χ1n) is 10.8. The fraction of sp³-hybridized carbons (Fsp3) is 0.308. The molecule has 1 saturated heterocycles. The molecule has 0 aliphatic carbocycles. The van der Waals surface area contributed by atoms with Crippen LogP contribution >= 0.6 is 0 Å². The Balaban J connectivity index is 1.40. The predicted molar refractivity (Wildman–Crippen MR) is 127 cm³/mol. The van der Waals surface area contributed by atoms with E-state index in [2.05, 4.69) is 10.2 Å². The zero-order chi connectivity index (χ0) is 22.0. The summed E-state index contributed by atoms with van der Waals surface area (Å²) in [6.07, 6.45) is 0. The van der Waals surface area contributed by atoms with Gasteiger partial charge in [-0.05, 0) is 41.1 Å². The monoisotopic (exact) mass is 415 g/mol. The van der Waals surface area contributed by atoms with Gasteiger partial charge < -0.3 is 15.1 Å². The van der Waals surface area contributed by atoms with Gasteiger partial charge in [0.2, 0.25) is 5.91 Å². The Morgan fingerprint density at radius 3 is 2.13 bits per heavy atom. The van der Waals surface area contributed by atoms with Crippen molar-refractivity contribution in [3.63, 3.8) is 0 Å². The van der Waals surface area contributed by atoms with E-state index in [4.69, 9.17) is 0 Å². The standard InChI is InChI=1S/C26H29N3O2/c1-26(2,3)25(31)29-17-15-28(16-18-29)21-13-11-20(12-14-21)27-24(30)23-10-6-8-19-7-4-5-9-22(19)23/h4-14H,15-18H2,1-3H3,(H,27,30). The van der Waals surface area contributed by atoms with Gasteiger partial charge in [-0.3, -0.25) is 9.59 Å². The van der Waals surface area contributed by atoms with Crippen LogP contribution in [0.5, 0.6) is 0 Å². The highest BCUT2D eigenvalue weighted by Crippen LogP contribution is 2.24. The Bertz CT molecular complexity index is 1090. The second-order valence-electron chi connectivity index (χ2n) is 9.06. The van der Waals surface area contributed by atoms with E-state index < -0.39 is 0 Å². The number of fused-ring (bicyclic) bond motifs is 1. The molecule has 31 heavy (non-hydrogen) atoms. The summed E-state index contributed by atoms with van der Waals surface area (Å²) in [6.45, 7) is 8.98. The number of piperazine rings is 1. The van der Waals surface area contributed by atoms with Crippen molar-refractivity contribution < 1.29 is 9.59 Å². The van der Waals surface area contributed by atoms with Crippen molar-refractivity contribution in [3.05, 3.63) is 72.3 Å². The minimum Gasteiger partial charge on any atom is -0.368 e. The van der Waals surface area contributed by atoms with Crippen LogP contribution in [0.3, 0.4) is 0 Å². The molecule has 3 aromatic rings. The molecule has 160 valence electrons. The largest absolute Gasteiger partial charge is 0.368 e. The van der Waals surface area contributed by atoms with Crippen LogP contribution in [0.1, 0.15) is 31.1 Å². The molecule has 0 unspecified atom stereocenters. The highest BCUT2D eigenvalue weighted by atomic mass is 16.2. The summed E-state index contributed by atoms with van der Waals surface area (Å²) in [6, 6.07) is 21.6. The van der Waals surface area contributed by atoms with Crippen LogP contribution in [-0.2, 0) is 4.79 Å². The molecule has 0 radical (unpaired) electrons. The maximum absolute atomic E-state index is 12.8. The fourth-order valence-corrected chi connectivity index (χ4v) is 4.02. The van der Waals surface area contributed by atoms with Crippen molar-refractivity contribution in [3.8, 4) is 0 Å². The van der Waals surface area contributed by atoms with Gasteiger partial charge in [0.15, 0.2) is 0 Å². The molecule has 2 amide bonds. The number of carbonyl (C=O) groups excluding carboxylic acids is 2.